The Kier molecular flexibility index (Phi) is 14.6. The van der Waals surface area contributed by atoms with Crippen LogP contribution in [0.2, 0.25) is 0 Å². The number of allylic oxidation sites excluding steroid dienone is 1. The third-order valence-corrected chi connectivity index (χ3v) is 12.2. The third-order valence-electron chi connectivity index (χ3n) is 12.2. The highest BCUT2D eigenvalue weighted by Gasteiger charge is 2.69. The highest BCUT2D eigenvalue weighted by molar-refractivity contribution is 5.84. The quantitative estimate of drug-likeness (QED) is 0.0574. The highest BCUT2D eigenvalue weighted by Crippen LogP contribution is 2.65. The van der Waals surface area contributed by atoms with Crippen LogP contribution in [0.1, 0.15) is 127 Å². The Morgan fingerprint density at radius 1 is 0.941 bits per heavy atom. The van der Waals surface area contributed by atoms with Gasteiger partial charge < -0.3 is 31.5 Å². The summed E-state index contributed by atoms with van der Waals surface area (Å²) < 4.78 is 0. The summed E-state index contributed by atoms with van der Waals surface area (Å²) in [7, 11) is 0. The molecule has 1 aliphatic heterocycles. The maximum atomic E-state index is 14.6. The molecule has 0 bridgehead atoms. The molecule has 0 radical (unpaired) electrons. The van der Waals surface area contributed by atoms with Crippen LogP contribution in [0.15, 0.2) is 74.0 Å². The molecule has 2 aliphatic carbocycles. The SMILES string of the molecule is C=CCNC(=C)C(=C)C(CCCC)NC(=O)C1C2[C@H](CN1C(=C)C(NC(=C)NC(CCC(=C)NC(C)C)C(C)(C)C)C1(C)CCCCC1)C2(C)C. The number of unbranched alkanes of at least 4 members (excludes halogenated alkanes) is 1. The number of amides is 1. The summed E-state index contributed by atoms with van der Waals surface area (Å²) >= 11 is 0. The number of fused-ring (bicyclic) bond motifs is 1. The van der Waals surface area contributed by atoms with E-state index in [1.165, 1.54) is 19.3 Å². The van der Waals surface area contributed by atoms with E-state index in [2.05, 4.69) is 127 Å². The highest BCUT2D eigenvalue weighted by atomic mass is 16.2. The van der Waals surface area contributed by atoms with Gasteiger partial charge in [0.2, 0.25) is 5.91 Å². The summed E-state index contributed by atoms with van der Waals surface area (Å²) in [5.41, 5.74) is 3.78. The molecule has 1 heterocycles. The molecule has 5 N–H and O–H groups in total. The number of likely N-dealkylation sites (tertiary alicyclic amines) is 1. The number of piperidine rings is 1. The number of nitrogens with zero attached hydrogens (tertiary/aromatic N) is 1. The van der Waals surface area contributed by atoms with Crippen LogP contribution in [0.25, 0.3) is 0 Å². The van der Waals surface area contributed by atoms with Gasteiger partial charge in [-0.2, -0.15) is 0 Å². The van der Waals surface area contributed by atoms with Crippen LogP contribution < -0.4 is 26.6 Å². The number of nitrogens with one attached hydrogen (secondary N) is 5. The Bertz CT molecular complexity index is 1280. The zero-order valence-electron chi connectivity index (χ0n) is 34.2. The number of hydrogen-bond acceptors (Lipinski definition) is 6. The van der Waals surface area contributed by atoms with E-state index in [0.29, 0.717) is 18.5 Å². The molecule has 288 valence electrons. The second kappa shape index (κ2) is 17.6. The summed E-state index contributed by atoms with van der Waals surface area (Å²) in [5, 5.41) is 17.9. The van der Waals surface area contributed by atoms with Crippen molar-refractivity contribution in [2.75, 3.05) is 13.1 Å². The van der Waals surface area contributed by atoms with Gasteiger partial charge in [-0.25, -0.2) is 0 Å². The lowest BCUT2D eigenvalue weighted by Crippen LogP contribution is -2.56. The molecular formula is C44H76N6O. The summed E-state index contributed by atoms with van der Waals surface area (Å²) in [5.74, 6) is 1.61. The predicted molar refractivity (Wildman–Crippen MR) is 219 cm³/mol. The van der Waals surface area contributed by atoms with Gasteiger partial charge in [-0.3, -0.25) is 4.79 Å². The van der Waals surface area contributed by atoms with Gasteiger partial charge in [0, 0.05) is 42.3 Å². The molecule has 0 aromatic rings. The average Bonchev–Trinajstić information content (AvgIpc) is 3.35. The van der Waals surface area contributed by atoms with Crippen molar-refractivity contribution in [3.8, 4) is 0 Å². The first-order chi connectivity index (χ1) is 23.8. The van der Waals surface area contributed by atoms with Crippen molar-refractivity contribution >= 4 is 5.91 Å². The van der Waals surface area contributed by atoms with E-state index in [9.17, 15) is 4.79 Å². The van der Waals surface area contributed by atoms with Gasteiger partial charge in [0.05, 0.1) is 17.9 Å². The van der Waals surface area contributed by atoms with Crippen LogP contribution in [0, 0.1) is 28.1 Å². The van der Waals surface area contributed by atoms with E-state index in [4.69, 9.17) is 6.58 Å². The Labute approximate surface area is 313 Å². The minimum absolute atomic E-state index is 0.0114. The topological polar surface area (TPSA) is 80.5 Å². The zero-order chi connectivity index (χ0) is 38.3. The molecule has 3 fully saturated rings. The fraction of sp³-hybridized carbons (Fsp3) is 0.705. The molecule has 3 rings (SSSR count). The molecule has 0 spiro atoms. The fourth-order valence-electron chi connectivity index (χ4n) is 8.82. The Hall–Kier alpha value is -3.09. The maximum Gasteiger partial charge on any atom is 0.243 e. The molecule has 2 saturated carbocycles. The smallest absolute Gasteiger partial charge is 0.243 e. The third kappa shape index (κ3) is 10.7. The number of rotatable bonds is 22. The fourth-order valence-corrected chi connectivity index (χ4v) is 8.82. The van der Waals surface area contributed by atoms with E-state index >= 15 is 0 Å². The second-order valence-electron chi connectivity index (χ2n) is 18.2. The number of carbonyl (C=O) groups excluding carboxylic acids is 1. The molecule has 0 aromatic heterocycles. The number of carbonyl (C=O) groups is 1. The van der Waals surface area contributed by atoms with Crippen LogP contribution in [-0.2, 0) is 4.79 Å². The molecule has 0 aromatic carbocycles. The summed E-state index contributed by atoms with van der Waals surface area (Å²) in [6.07, 6.45) is 12.4. The van der Waals surface area contributed by atoms with Crippen LogP contribution >= 0.6 is 0 Å². The average molecular weight is 705 g/mol. The standard InChI is InChI=1S/C44H76N6O/c1-16-18-22-36(31(6)32(7)45-27-17-2)49-41(51)39-38-35(43(38,13)14)28-50(39)33(8)40(44(15)25-20-19-21-26-44)48-34(9)47-37(42(10,11)12)24-23-30(5)46-29(3)4/h17,29,35-40,45-48H,2,5-9,16,18-28H2,1,3-4,10-15H3,(H,49,51)/t35-,36?,37?,38?,39?,40?/m0/s1. The van der Waals surface area contributed by atoms with Gasteiger partial charge in [0.1, 0.15) is 6.04 Å². The minimum atomic E-state index is -0.289. The summed E-state index contributed by atoms with van der Waals surface area (Å²) in [6.45, 7) is 47.9. The molecule has 51 heavy (non-hydrogen) atoms. The van der Waals surface area contributed by atoms with Crippen molar-refractivity contribution in [2.45, 2.75) is 157 Å². The van der Waals surface area contributed by atoms with E-state index < -0.39 is 0 Å². The first kappa shape index (κ1) is 42.3. The Morgan fingerprint density at radius 3 is 2.16 bits per heavy atom. The summed E-state index contributed by atoms with van der Waals surface area (Å²) in [4.78, 5) is 16.9. The lowest BCUT2D eigenvalue weighted by molar-refractivity contribution is -0.126. The van der Waals surface area contributed by atoms with Crippen LogP contribution in [0.4, 0.5) is 0 Å². The van der Waals surface area contributed by atoms with E-state index in [-0.39, 0.29) is 52.2 Å². The van der Waals surface area contributed by atoms with Gasteiger partial charge in [0.15, 0.2) is 0 Å². The zero-order valence-corrected chi connectivity index (χ0v) is 34.2. The normalized spacial score (nSPS) is 23.6. The van der Waals surface area contributed by atoms with Crippen molar-refractivity contribution in [1.82, 2.24) is 31.5 Å². The largest absolute Gasteiger partial charge is 0.387 e. The van der Waals surface area contributed by atoms with E-state index in [0.717, 1.165) is 80.0 Å². The first-order valence-electron chi connectivity index (χ1n) is 19.9. The minimum Gasteiger partial charge on any atom is -0.387 e. The number of hydrogen-bond donors (Lipinski definition) is 5. The predicted octanol–water partition coefficient (Wildman–Crippen LogP) is 8.67. The second-order valence-corrected chi connectivity index (χ2v) is 18.2. The molecule has 7 nitrogen and oxygen atoms in total. The molecule has 7 heteroatoms. The van der Waals surface area contributed by atoms with Crippen LogP contribution in [0.3, 0.4) is 0 Å². The van der Waals surface area contributed by atoms with Crippen molar-refractivity contribution in [1.29, 1.82) is 0 Å². The van der Waals surface area contributed by atoms with Crippen molar-refractivity contribution < 1.29 is 4.79 Å². The molecular weight excluding hydrogens is 629 g/mol. The summed E-state index contributed by atoms with van der Waals surface area (Å²) in [6, 6.07) is 0.0299. The van der Waals surface area contributed by atoms with Gasteiger partial charge in [-0.15, -0.1) is 6.58 Å². The monoisotopic (exact) mass is 705 g/mol. The van der Waals surface area contributed by atoms with Gasteiger partial charge >= 0.3 is 0 Å². The lowest BCUT2D eigenvalue weighted by atomic mass is 9.69. The lowest BCUT2D eigenvalue weighted by Gasteiger charge is -2.47. The van der Waals surface area contributed by atoms with Crippen molar-refractivity contribution in [3.05, 3.63) is 74.0 Å². The Balaban J connectivity index is 1.88. The first-order valence-corrected chi connectivity index (χ1v) is 19.9. The maximum absolute atomic E-state index is 14.6. The van der Waals surface area contributed by atoms with E-state index in [1.54, 1.807) is 0 Å². The van der Waals surface area contributed by atoms with Crippen molar-refractivity contribution in [2.24, 2.45) is 28.1 Å². The Morgan fingerprint density at radius 2 is 1.59 bits per heavy atom. The molecule has 5 unspecified atom stereocenters. The van der Waals surface area contributed by atoms with E-state index in [1.807, 2.05) is 6.08 Å². The van der Waals surface area contributed by atoms with Crippen LogP contribution in [0.5, 0.6) is 0 Å². The molecule has 6 atom stereocenters. The van der Waals surface area contributed by atoms with Gasteiger partial charge in [-0.1, -0.05) is 120 Å². The molecule has 1 amide bonds. The molecule has 3 aliphatic rings. The van der Waals surface area contributed by atoms with Crippen LogP contribution in [-0.4, -0.2) is 54.1 Å². The van der Waals surface area contributed by atoms with Crippen molar-refractivity contribution in [3.63, 3.8) is 0 Å². The molecule has 1 saturated heterocycles. The van der Waals surface area contributed by atoms with Gasteiger partial charge in [0.25, 0.3) is 0 Å². The van der Waals surface area contributed by atoms with Gasteiger partial charge in [-0.05, 0) is 79.6 Å².